The minimum atomic E-state index is -1.05. The Bertz CT molecular complexity index is 889. The first-order valence-corrected chi connectivity index (χ1v) is 8.48. The van der Waals surface area contributed by atoms with Gasteiger partial charge >= 0.3 is 5.97 Å². The molecule has 1 amide bonds. The van der Waals surface area contributed by atoms with Gasteiger partial charge in [-0.3, -0.25) is 19.7 Å². The number of benzene rings is 2. The van der Waals surface area contributed by atoms with Crippen molar-refractivity contribution in [2.24, 2.45) is 0 Å². The van der Waals surface area contributed by atoms with Crippen LogP contribution >= 0.6 is 0 Å². The number of carboxylic acids is 1. The van der Waals surface area contributed by atoms with Gasteiger partial charge in [0.25, 0.3) is 11.6 Å². The van der Waals surface area contributed by atoms with Crippen LogP contribution in [0.4, 0.5) is 11.4 Å². The average molecular weight is 369 g/mol. The molecule has 0 radical (unpaired) electrons. The van der Waals surface area contributed by atoms with Crippen LogP contribution < -0.4 is 5.73 Å². The number of carbonyl (C=O) groups is 2. The van der Waals surface area contributed by atoms with Crippen molar-refractivity contribution in [3.63, 3.8) is 0 Å². The van der Waals surface area contributed by atoms with E-state index in [2.05, 4.69) is 0 Å². The largest absolute Gasteiger partial charge is 0.481 e. The summed E-state index contributed by atoms with van der Waals surface area (Å²) < 4.78 is 0. The highest BCUT2D eigenvalue weighted by molar-refractivity contribution is 6.01. The Morgan fingerprint density at radius 2 is 1.70 bits per heavy atom. The summed E-state index contributed by atoms with van der Waals surface area (Å²) in [6, 6.07) is 13.1. The maximum absolute atomic E-state index is 12.8. The number of nitrogens with zero attached hydrogens (tertiary/aromatic N) is 2. The third-order valence-electron chi connectivity index (χ3n) is 5.15. The monoisotopic (exact) mass is 369 g/mol. The first-order valence-electron chi connectivity index (χ1n) is 8.48. The number of carboxylic acid groups (broad SMARTS) is 1. The molecule has 2 aromatic rings. The van der Waals surface area contributed by atoms with Crippen molar-refractivity contribution in [3.05, 3.63) is 69.8 Å². The van der Waals surface area contributed by atoms with Crippen LogP contribution in [0.1, 0.15) is 28.8 Å². The highest BCUT2D eigenvalue weighted by Gasteiger charge is 2.44. The number of rotatable bonds is 4. The van der Waals surface area contributed by atoms with Gasteiger partial charge in [0.1, 0.15) is 5.69 Å². The number of nitrogens with two attached hydrogens (primary N) is 1. The van der Waals surface area contributed by atoms with E-state index in [9.17, 15) is 24.8 Å². The van der Waals surface area contributed by atoms with E-state index in [0.29, 0.717) is 5.56 Å². The molecule has 0 spiro atoms. The molecule has 0 aromatic heterocycles. The van der Waals surface area contributed by atoms with Gasteiger partial charge in [0, 0.05) is 19.2 Å². The van der Waals surface area contributed by atoms with E-state index >= 15 is 0 Å². The Morgan fingerprint density at radius 3 is 2.26 bits per heavy atom. The Balaban J connectivity index is 1.83. The normalized spacial score (nSPS) is 15.9. The summed E-state index contributed by atoms with van der Waals surface area (Å²) in [4.78, 5) is 36.7. The lowest BCUT2D eigenvalue weighted by atomic mass is 9.72. The Hall–Kier alpha value is -3.42. The lowest BCUT2D eigenvalue weighted by molar-refractivity contribution is -0.383. The fraction of sp³-hybridized carbons (Fsp3) is 0.263. The van der Waals surface area contributed by atoms with Crippen LogP contribution in [0.2, 0.25) is 0 Å². The van der Waals surface area contributed by atoms with Crippen LogP contribution in [0.15, 0.2) is 48.5 Å². The minimum absolute atomic E-state index is 0.0618. The first kappa shape index (κ1) is 18.4. The summed E-state index contributed by atoms with van der Waals surface area (Å²) in [5, 5.41) is 20.9. The molecule has 0 atom stereocenters. The van der Waals surface area contributed by atoms with E-state index in [1.54, 1.807) is 24.3 Å². The number of carbonyl (C=O) groups excluding carboxylic acids is 1. The minimum Gasteiger partial charge on any atom is -0.481 e. The first-order chi connectivity index (χ1) is 12.9. The highest BCUT2D eigenvalue weighted by atomic mass is 16.6. The number of aliphatic carboxylic acids is 1. The van der Waals surface area contributed by atoms with Crippen molar-refractivity contribution in [3.8, 4) is 0 Å². The molecule has 1 aliphatic rings. The van der Waals surface area contributed by atoms with E-state index in [0.717, 1.165) is 0 Å². The van der Waals surface area contributed by atoms with Gasteiger partial charge in [0.05, 0.1) is 15.9 Å². The molecule has 0 unspecified atom stereocenters. The number of likely N-dealkylation sites (tertiary alicyclic amines) is 1. The molecule has 27 heavy (non-hydrogen) atoms. The molecule has 0 saturated carbocycles. The number of nitro benzene ring substituents is 1. The number of anilines is 1. The second-order valence-corrected chi connectivity index (χ2v) is 6.54. The number of amides is 1. The van der Waals surface area contributed by atoms with Crippen LogP contribution in [-0.4, -0.2) is 39.9 Å². The zero-order valence-electron chi connectivity index (χ0n) is 14.5. The number of para-hydroxylation sites is 1. The summed E-state index contributed by atoms with van der Waals surface area (Å²) >= 11 is 0. The molecule has 2 aromatic carbocycles. The molecule has 8 heteroatoms. The van der Waals surface area contributed by atoms with Gasteiger partial charge in [-0.25, -0.2) is 0 Å². The Kier molecular flexibility index (Phi) is 4.81. The molecular formula is C19H19N3O5. The van der Waals surface area contributed by atoms with Crippen molar-refractivity contribution in [2.45, 2.75) is 18.3 Å². The average Bonchev–Trinajstić information content (AvgIpc) is 2.68. The lowest BCUT2D eigenvalue weighted by Crippen LogP contribution is -2.49. The van der Waals surface area contributed by atoms with E-state index in [4.69, 9.17) is 5.73 Å². The maximum atomic E-state index is 12.8. The van der Waals surface area contributed by atoms with Gasteiger partial charge in [0.2, 0.25) is 0 Å². The smallest absolute Gasteiger partial charge is 0.314 e. The van der Waals surface area contributed by atoms with Crippen LogP contribution in [-0.2, 0) is 10.2 Å². The molecule has 3 rings (SSSR count). The fourth-order valence-electron chi connectivity index (χ4n) is 3.54. The molecule has 0 bridgehead atoms. The molecule has 1 aliphatic heterocycles. The molecular weight excluding hydrogens is 350 g/mol. The summed E-state index contributed by atoms with van der Waals surface area (Å²) in [6.45, 7) is 0.449. The fourth-order valence-corrected chi connectivity index (χ4v) is 3.54. The molecule has 3 N–H and O–H groups in total. The van der Waals surface area contributed by atoms with Crippen LogP contribution in [0.25, 0.3) is 0 Å². The van der Waals surface area contributed by atoms with Gasteiger partial charge in [-0.1, -0.05) is 36.4 Å². The quantitative estimate of drug-likeness (QED) is 0.484. The van der Waals surface area contributed by atoms with Gasteiger partial charge in [-0.15, -0.1) is 0 Å². The zero-order valence-corrected chi connectivity index (χ0v) is 14.5. The van der Waals surface area contributed by atoms with Gasteiger partial charge < -0.3 is 15.7 Å². The topological polar surface area (TPSA) is 127 Å². The lowest BCUT2D eigenvalue weighted by Gasteiger charge is -2.39. The Labute approximate surface area is 155 Å². The SMILES string of the molecule is Nc1c(C(=O)N2CCC(C(=O)O)(c3ccccc3)CC2)cccc1[N+](=O)[O-]. The number of hydrogen-bond donors (Lipinski definition) is 2. The van der Waals surface area contributed by atoms with E-state index < -0.39 is 22.2 Å². The van der Waals surface area contributed by atoms with E-state index in [1.807, 2.05) is 6.07 Å². The second kappa shape index (κ2) is 7.06. The van der Waals surface area contributed by atoms with Gasteiger partial charge in [-0.2, -0.15) is 0 Å². The standard InChI is InChI=1S/C19H19N3O5/c20-16-14(7-4-8-15(16)22(26)27)17(23)21-11-9-19(10-12-21,18(24)25)13-5-2-1-3-6-13/h1-8H,9-12,20H2,(H,24,25). The van der Waals surface area contributed by atoms with Gasteiger partial charge in [0.15, 0.2) is 0 Å². The predicted molar refractivity (Wildman–Crippen MR) is 98.4 cm³/mol. The van der Waals surface area contributed by atoms with Crippen molar-refractivity contribution in [1.29, 1.82) is 0 Å². The molecule has 1 fully saturated rings. The third-order valence-corrected chi connectivity index (χ3v) is 5.15. The van der Waals surface area contributed by atoms with Crippen molar-refractivity contribution < 1.29 is 19.6 Å². The number of nitro groups is 1. The zero-order chi connectivity index (χ0) is 19.6. The molecule has 0 aliphatic carbocycles. The van der Waals surface area contributed by atoms with Crippen molar-refractivity contribution >= 4 is 23.3 Å². The van der Waals surface area contributed by atoms with E-state index in [1.165, 1.54) is 23.1 Å². The van der Waals surface area contributed by atoms with Gasteiger partial charge in [-0.05, 0) is 24.5 Å². The number of nitrogen functional groups attached to an aromatic ring is 1. The number of piperidine rings is 1. The molecule has 1 saturated heterocycles. The van der Waals surface area contributed by atoms with Crippen LogP contribution in [0.3, 0.4) is 0 Å². The van der Waals surface area contributed by atoms with Crippen molar-refractivity contribution in [1.82, 2.24) is 4.90 Å². The molecule has 1 heterocycles. The molecule has 8 nitrogen and oxygen atoms in total. The third kappa shape index (κ3) is 3.21. The van der Waals surface area contributed by atoms with E-state index in [-0.39, 0.29) is 42.9 Å². The summed E-state index contributed by atoms with van der Waals surface area (Å²) in [5.41, 5.74) is 5.03. The van der Waals surface area contributed by atoms with Crippen LogP contribution in [0, 0.1) is 10.1 Å². The molecule has 140 valence electrons. The Morgan fingerprint density at radius 1 is 1.07 bits per heavy atom. The highest BCUT2D eigenvalue weighted by Crippen LogP contribution is 2.37. The maximum Gasteiger partial charge on any atom is 0.314 e. The predicted octanol–water partition coefficient (Wildman–Crippen LogP) is 2.44. The summed E-state index contributed by atoms with van der Waals surface area (Å²) in [5.74, 6) is -1.35. The van der Waals surface area contributed by atoms with Crippen LogP contribution in [0.5, 0.6) is 0 Å². The number of hydrogen-bond acceptors (Lipinski definition) is 5. The van der Waals surface area contributed by atoms with Crippen molar-refractivity contribution in [2.75, 3.05) is 18.8 Å². The summed E-state index contributed by atoms with van der Waals surface area (Å²) in [7, 11) is 0. The summed E-state index contributed by atoms with van der Waals surface area (Å²) in [6.07, 6.45) is 0.514. The second-order valence-electron chi connectivity index (χ2n) is 6.54.